The predicted molar refractivity (Wildman–Crippen MR) is 86.7 cm³/mol. The Kier molecular flexibility index (Phi) is 5.12. The van der Waals surface area contributed by atoms with Gasteiger partial charge in [0.2, 0.25) is 0 Å². The summed E-state index contributed by atoms with van der Waals surface area (Å²) in [5, 5.41) is 15.2. The molecule has 6 heteroatoms. The normalized spacial score (nSPS) is 10.1. The lowest BCUT2D eigenvalue weighted by Gasteiger charge is -2.11. The molecule has 0 bridgehead atoms. The van der Waals surface area contributed by atoms with E-state index in [1.807, 2.05) is 26.0 Å². The van der Waals surface area contributed by atoms with E-state index in [0.29, 0.717) is 16.5 Å². The minimum atomic E-state index is -0.423. The van der Waals surface area contributed by atoms with Crippen molar-refractivity contribution in [1.29, 1.82) is 0 Å². The molecule has 5 nitrogen and oxygen atoms in total. The number of benzene rings is 2. The summed E-state index contributed by atoms with van der Waals surface area (Å²) >= 11 is 6.08. The van der Waals surface area contributed by atoms with Gasteiger partial charge in [-0.15, -0.1) is 0 Å². The molecule has 0 fully saturated rings. The third-order valence-electron chi connectivity index (χ3n) is 2.99. The van der Waals surface area contributed by atoms with Gasteiger partial charge in [-0.3, -0.25) is 0 Å². The topological polar surface area (TPSA) is 70.6 Å². The van der Waals surface area contributed by atoms with Crippen LogP contribution >= 0.6 is 11.6 Å². The van der Waals surface area contributed by atoms with E-state index in [-0.39, 0.29) is 12.5 Å². The summed E-state index contributed by atoms with van der Waals surface area (Å²) in [7, 11) is 0. The summed E-state index contributed by atoms with van der Waals surface area (Å²) < 4.78 is 5.47. The number of aryl methyl sites for hydroxylation is 2. The number of phenolic OH excluding ortho intramolecular Hbond substituents is 1. The number of rotatable bonds is 4. The molecule has 0 aliphatic carbocycles. The van der Waals surface area contributed by atoms with Gasteiger partial charge in [0.25, 0.3) is 0 Å². The average molecular weight is 321 g/mol. The van der Waals surface area contributed by atoms with E-state index in [1.165, 1.54) is 12.1 Å². The highest BCUT2D eigenvalue weighted by Crippen LogP contribution is 2.25. The van der Waals surface area contributed by atoms with Crippen LogP contribution in [0.25, 0.3) is 0 Å². The van der Waals surface area contributed by atoms with Crippen molar-refractivity contribution in [3.63, 3.8) is 0 Å². The van der Waals surface area contributed by atoms with Crippen LogP contribution < -0.4 is 15.4 Å². The van der Waals surface area contributed by atoms with Crippen molar-refractivity contribution in [2.75, 3.05) is 12.0 Å². The predicted octanol–water partition coefficient (Wildman–Crippen LogP) is 3.82. The van der Waals surface area contributed by atoms with Crippen molar-refractivity contribution in [3.8, 4) is 11.5 Å². The highest BCUT2D eigenvalue weighted by molar-refractivity contribution is 6.32. The van der Waals surface area contributed by atoms with Crippen LogP contribution in [-0.2, 0) is 0 Å². The van der Waals surface area contributed by atoms with E-state index in [2.05, 4.69) is 10.6 Å². The number of phenols is 1. The fourth-order valence-corrected chi connectivity index (χ4v) is 2.04. The Morgan fingerprint density at radius 3 is 2.55 bits per heavy atom. The number of carbonyl (C=O) groups excluding carboxylic acids is 1. The van der Waals surface area contributed by atoms with Crippen LogP contribution in [0.4, 0.5) is 10.5 Å². The Hall–Kier alpha value is -2.40. The molecule has 0 aromatic heterocycles. The molecule has 0 aliphatic rings. The molecular formula is C16H17ClN2O3. The summed E-state index contributed by atoms with van der Waals surface area (Å²) in [6.07, 6.45) is 0. The molecule has 2 amide bonds. The monoisotopic (exact) mass is 320 g/mol. The zero-order valence-electron chi connectivity index (χ0n) is 12.3. The first kappa shape index (κ1) is 16.0. The SMILES string of the molecule is Cc1cc(OCNC(=O)Nc2cccc(O)c2)cc(C)c1Cl. The quantitative estimate of drug-likeness (QED) is 0.750. The van der Waals surface area contributed by atoms with Gasteiger partial charge in [-0.05, 0) is 49.2 Å². The maximum Gasteiger partial charge on any atom is 0.321 e. The molecule has 22 heavy (non-hydrogen) atoms. The van der Waals surface area contributed by atoms with Crippen molar-refractivity contribution >= 4 is 23.3 Å². The Balaban J connectivity index is 1.84. The molecule has 0 heterocycles. The van der Waals surface area contributed by atoms with Gasteiger partial charge in [0, 0.05) is 16.8 Å². The number of amides is 2. The lowest BCUT2D eigenvalue weighted by atomic mass is 10.1. The van der Waals surface area contributed by atoms with Crippen molar-refractivity contribution < 1.29 is 14.6 Å². The number of hydrogen-bond acceptors (Lipinski definition) is 3. The molecule has 0 unspecified atom stereocenters. The van der Waals surface area contributed by atoms with E-state index >= 15 is 0 Å². The standard InChI is InChI=1S/C16H17ClN2O3/c1-10-6-14(7-11(2)15(10)17)22-9-18-16(21)19-12-4-3-5-13(20)8-12/h3-8,20H,9H2,1-2H3,(H2,18,19,21). The maximum atomic E-state index is 11.7. The Bertz CT molecular complexity index is 666. The van der Waals surface area contributed by atoms with Gasteiger partial charge < -0.3 is 20.5 Å². The van der Waals surface area contributed by atoms with E-state index in [1.54, 1.807) is 12.1 Å². The van der Waals surface area contributed by atoms with Crippen molar-refractivity contribution in [3.05, 3.63) is 52.5 Å². The van der Waals surface area contributed by atoms with Gasteiger partial charge >= 0.3 is 6.03 Å². The number of ether oxygens (including phenoxy) is 1. The van der Waals surface area contributed by atoms with Gasteiger partial charge in [-0.1, -0.05) is 17.7 Å². The van der Waals surface area contributed by atoms with Crippen LogP contribution in [0, 0.1) is 13.8 Å². The summed E-state index contributed by atoms with van der Waals surface area (Å²) in [5.74, 6) is 0.721. The fraction of sp³-hybridized carbons (Fsp3) is 0.188. The van der Waals surface area contributed by atoms with Crippen LogP contribution in [0.15, 0.2) is 36.4 Å². The molecule has 0 spiro atoms. The number of anilines is 1. The van der Waals surface area contributed by atoms with E-state index in [0.717, 1.165) is 11.1 Å². The first-order valence-corrected chi connectivity index (χ1v) is 7.07. The molecule has 0 atom stereocenters. The zero-order chi connectivity index (χ0) is 16.1. The van der Waals surface area contributed by atoms with Crippen molar-refractivity contribution in [1.82, 2.24) is 5.32 Å². The average Bonchev–Trinajstić information content (AvgIpc) is 2.44. The molecular weight excluding hydrogens is 304 g/mol. The Morgan fingerprint density at radius 1 is 1.23 bits per heavy atom. The largest absolute Gasteiger partial charge is 0.508 e. The summed E-state index contributed by atoms with van der Waals surface area (Å²) in [6, 6.07) is 9.48. The molecule has 3 N–H and O–H groups in total. The molecule has 116 valence electrons. The zero-order valence-corrected chi connectivity index (χ0v) is 13.1. The smallest absolute Gasteiger partial charge is 0.321 e. The Labute approximate surface area is 133 Å². The van der Waals surface area contributed by atoms with Gasteiger partial charge in [0.15, 0.2) is 6.73 Å². The van der Waals surface area contributed by atoms with Crippen LogP contribution in [-0.4, -0.2) is 17.9 Å². The van der Waals surface area contributed by atoms with E-state index in [9.17, 15) is 9.90 Å². The lowest BCUT2D eigenvalue weighted by Crippen LogP contribution is -2.32. The van der Waals surface area contributed by atoms with Crippen LogP contribution in [0.5, 0.6) is 11.5 Å². The van der Waals surface area contributed by atoms with Gasteiger partial charge in [0.05, 0.1) is 0 Å². The summed E-state index contributed by atoms with van der Waals surface area (Å²) in [6.45, 7) is 3.81. The van der Waals surface area contributed by atoms with Crippen LogP contribution in [0.1, 0.15) is 11.1 Å². The number of hydrogen-bond donors (Lipinski definition) is 3. The second-order valence-corrected chi connectivity index (χ2v) is 5.22. The second kappa shape index (κ2) is 7.04. The van der Waals surface area contributed by atoms with Gasteiger partial charge in [-0.2, -0.15) is 0 Å². The summed E-state index contributed by atoms with van der Waals surface area (Å²) in [5.41, 5.74) is 2.33. The third-order valence-corrected chi connectivity index (χ3v) is 3.58. The number of nitrogens with one attached hydrogen (secondary N) is 2. The van der Waals surface area contributed by atoms with E-state index < -0.39 is 6.03 Å². The molecule has 2 aromatic carbocycles. The highest BCUT2D eigenvalue weighted by atomic mass is 35.5. The molecule has 2 rings (SSSR count). The molecule has 0 saturated heterocycles. The highest BCUT2D eigenvalue weighted by Gasteiger charge is 2.05. The molecule has 2 aromatic rings. The number of carbonyl (C=O) groups is 1. The number of aromatic hydroxyl groups is 1. The molecule has 0 radical (unpaired) electrons. The minimum absolute atomic E-state index is 0.0190. The van der Waals surface area contributed by atoms with Gasteiger partial charge in [0.1, 0.15) is 11.5 Å². The lowest BCUT2D eigenvalue weighted by molar-refractivity contribution is 0.234. The third kappa shape index (κ3) is 4.30. The first-order chi connectivity index (χ1) is 10.5. The molecule has 0 saturated carbocycles. The Morgan fingerprint density at radius 2 is 1.91 bits per heavy atom. The number of urea groups is 1. The van der Waals surface area contributed by atoms with Crippen molar-refractivity contribution in [2.45, 2.75) is 13.8 Å². The minimum Gasteiger partial charge on any atom is -0.508 e. The first-order valence-electron chi connectivity index (χ1n) is 6.69. The summed E-state index contributed by atoms with van der Waals surface area (Å²) in [4.78, 5) is 11.7. The van der Waals surface area contributed by atoms with Crippen molar-refractivity contribution in [2.24, 2.45) is 0 Å². The van der Waals surface area contributed by atoms with Crippen LogP contribution in [0.2, 0.25) is 5.02 Å². The second-order valence-electron chi connectivity index (χ2n) is 4.84. The van der Waals surface area contributed by atoms with Gasteiger partial charge in [-0.25, -0.2) is 4.79 Å². The number of halogens is 1. The van der Waals surface area contributed by atoms with Crippen LogP contribution in [0.3, 0.4) is 0 Å². The molecule has 0 aliphatic heterocycles. The fourth-order valence-electron chi connectivity index (χ4n) is 1.93. The van der Waals surface area contributed by atoms with E-state index in [4.69, 9.17) is 16.3 Å². The maximum absolute atomic E-state index is 11.7.